The van der Waals surface area contributed by atoms with Crippen LogP contribution in [-0.2, 0) is 5.33 Å². The van der Waals surface area contributed by atoms with Crippen molar-refractivity contribution in [1.29, 1.82) is 0 Å². The van der Waals surface area contributed by atoms with Crippen LogP contribution in [0.25, 0.3) is 0 Å². The van der Waals surface area contributed by atoms with Gasteiger partial charge in [-0.1, -0.05) is 15.9 Å². The van der Waals surface area contributed by atoms with Crippen molar-refractivity contribution in [3.05, 3.63) is 34.9 Å². The molecule has 0 fully saturated rings. The zero-order valence-electron chi connectivity index (χ0n) is 6.33. The Labute approximate surface area is 80.7 Å². The highest BCUT2D eigenvalue weighted by molar-refractivity contribution is 9.08. The Bertz CT molecular complexity index is 311. The first-order valence-electron chi connectivity index (χ1n) is 3.38. The van der Waals surface area contributed by atoms with Gasteiger partial charge >= 0.3 is 0 Å². The molecule has 0 aromatic heterocycles. The van der Waals surface area contributed by atoms with Gasteiger partial charge in [0.25, 0.3) is 6.43 Å². The number of hydrogen-bond donors (Lipinski definition) is 0. The molecule has 0 nitrogen and oxygen atoms in total. The van der Waals surface area contributed by atoms with Crippen molar-refractivity contribution in [2.75, 3.05) is 0 Å². The summed E-state index contributed by atoms with van der Waals surface area (Å²) in [5, 5.41) is 0.0965. The van der Waals surface area contributed by atoms with Gasteiger partial charge in [0.05, 0.1) is 5.56 Å². The van der Waals surface area contributed by atoms with Crippen LogP contribution >= 0.6 is 15.9 Å². The highest BCUT2D eigenvalue weighted by atomic mass is 79.9. The first-order valence-corrected chi connectivity index (χ1v) is 4.50. The third kappa shape index (κ3) is 2.21. The lowest BCUT2D eigenvalue weighted by Gasteiger charge is -2.04. The summed E-state index contributed by atoms with van der Waals surface area (Å²) < 4.78 is 49.7. The molecule has 0 saturated carbocycles. The second-order valence-corrected chi connectivity index (χ2v) is 2.96. The van der Waals surface area contributed by atoms with Crippen molar-refractivity contribution in [1.82, 2.24) is 0 Å². The van der Waals surface area contributed by atoms with Crippen LogP contribution in [0, 0.1) is 11.6 Å². The van der Waals surface area contributed by atoms with Crippen LogP contribution in [0.1, 0.15) is 17.6 Å². The highest BCUT2D eigenvalue weighted by Gasteiger charge is 2.16. The molecule has 0 spiro atoms. The standard InChI is InChI=1S/C8H5BrF4/c9-3-4-1-7(11)5(8(12)13)2-6(4)10/h1-2,8H,3H2. The zero-order chi connectivity index (χ0) is 10.0. The van der Waals surface area contributed by atoms with Crippen molar-refractivity contribution >= 4 is 15.9 Å². The third-order valence-electron chi connectivity index (χ3n) is 1.54. The Morgan fingerprint density at radius 1 is 1.15 bits per heavy atom. The second kappa shape index (κ2) is 4.09. The van der Waals surface area contributed by atoms with Gasteiger partial charge in [0.1, 0.15) is 11.6 Å². The predicted molar refractivity (Wildman–Crippen MR) is 43.9 cm³/mol. The van der Waals surface area contributed by atoms with Gasteiger partial charge in [-0.15, -0.1) is 0 Å². The van der Waals surface area contributed by atoms with Crippen LogP contribution in [0.5, 0.6) is 0 Å². The predicted octanol–water partition coefficient (Wildman–Crippen LogP) is 3.80. The molecule has 0 aliphatic heterocycles. The van der Waals surface area contributed by atoms with Gasteiger partial charge in [0.2, 0.25) is 0 Å². The molecule has 1 rings (SSSR count). The highest BCUT2D eigenvalue weighted by Crippen LogP contribution is 2.25. The monoisotopic (exact) mass is 256 g/mol. The average Bonchev–Trinajstić information content (AvgIpc) is 2.07. The van der Waals surface area contributed by atoms with Crippen molar-refractivity contribution in [3.8, 4) is 0 Å². The molecule has 0 aliphatic carbocycles. The van der Waals surface area contributed by atoms with Crippen molar-refractivity contribution in [2.45, 2.75) is 11.8 Å². The molecule has 0 atom stereocenters. The molecule has 0 bridgehead atoms. The molecule has 0 N–H and O–H groups in total. The molecule has 0 aliphatic rings. The van der Waals surface area contributed by atoms with Gasteiger partial charge in [-0.2, -0.15) is 0 Å². The van der Waals surface area contributed by atoms with E-state index in [0.717, 1.165) is 6.07 Å². The minimum Gasteiger partial charge on any atom is -0.207 e. The summed E-state index contributed by atoms with van der Waals surface area (Å²) >= 11 is 2.91. The third-order valence-corrected chi connectivity index (χ3v) is 2.15. The molecular formula is C8H5BrF4. The summed E-state index contributed by atoms with van der Waals surface area (Å²) in [6.45, 7) is 0. The van der Waals surface area contributed by atoms with E-state index in [9.17, 15) is 17.6 Å². The minimum absolute atomic E-state index is 0.0295. The molecule has 13 heavy (non-hydrogen) atoms. The number of hydrogen-bond acceptors (Lipinski definition) is 0. The fraction of sp³-hybridized carbons (Fsp3) is 0.250. The summed E-state index contributed by atoms with van der Waals surface area (Å²) in [4.78, 5) is 0. The number of rotatable bonds is 2. The van der Waals surface area contributed by atoms with E-state index in [2.05, 4.69) is 15.9 Å². The van der Waals surface area contributed by atoms with Gasteiger partial charge < -0.3 is 0 Å². The molecule has 0 heterocycles. The molecule has 0 radical (unpaired) electrons. The lowest BCUT2D eigenvalue weighted by Crippen LogP contribution is -1.96. The van der Waals surface area contributed by atoms with E-state index in [1.54, 1.807) is 0 Å². The smallest absolute Gasteiger partial charge is 0.207 e. The Balaban J connectivity index is 3.20. The van der Waals surface area contributed by atoms with Crippen LogP contribution < -0.4 is 0 Å². The quantitative estimate of drug-likeness (QED) is 0.558. The Hall–Kier alpha value is -0.580. The van der Waals surface area contributed by atoms with Gasteiger partial charge in [-0.3, -0.25) is 0 Å². The zero-order valence-corrected chi connectivity index (χ0v) is 7.91. The maximum atomic E-state index is 12.9. The first-order chi connectivity index (χ1) is 6.06. The maximum absolute atomic E-state index is 12.9. The summed E-state index contributed by atoms with van der Waals surface area (Å²) in [5.74, 6) is -1.90. The van der Waals surface area contributed by atoms with Crippen molar-refractivity contribution in [2.24, 2.45) is 0 Å². The molecule has 1 aromatic carbocycles. The van der Waals surface area contributed by atoms with Gasteiger partial charge in [-0.25, -0.2) is 17.6 Å². The van der Waals surface area contributed by atoms with E-state index in [-0.39, 0.29) is 10.9 Å². The van der Waals surface area contributed by atoms with E-state index in [4.69, 9.17) is 0 Å². The average molecular weight is 257 g/mol. The molecule has 1 aromatic rings. The molecular weight excluding hydrogens is 252 g/mol. The Morgan fingerprint density at radius 3 is 2.23 bits per heavy atom. The summed E-state index contributed by atoms with van der Waals surface area (Å²) in [7, 11) is 0. The van der Waals surface area contributed by atoms with Crippen LogP contribution in [-0.4, -0.2) is 0 Å². The summed E-state index contributed by atoms with van der Waals surface area (Å²) in [6, 6.07) is 1.29. The van der Waals surface area contributed by atoms with E-state index in [0.29, 0.717) is 6.07 Å². The van der Waals surface area contributed by atoms with E-state index in [1.165, 1.54) is 0 Å². The number of alkyl halides is 3. The summed E-state index contributed by atoms with van der Waals surface area (Å²) in [6.07, 6.45) is -2.99. The molecule has 0 amide bonds. The van der Waals surface area contributed by atoms with Crippen LogP contribution in [0.4, 0.5) is 17.6 Å². The maximum Gasteiger partial charge on any atom is 0.266 e. The number of benzene rings is 1. The SMILES string of the molecule is Fc1cc(C(F)F)c(F)cc1CBr. The van der Waals surface area contributed by atoms with E-state index >= 15 is 0 Å². The molecule has 0 saturated heterocycles. The topological polar surface area (TPSA) is 0 Å². The number of halogens is 5. The van der Waals surface area contributed by atoms with Gasteiger partial charge in [0.15, 0.2) is 0 Å². The second-order valence-electron chi connectivity index (χ2n) is 2.40. The molecule has 72 valence electrons. The van der Waals surface area contributed by atoms with Gasteiger partial charge in [-0.05, 0) is 12.1 Å². The summed E-state index contributed by atoms with van der Waals surface area (Å²) in [5.41, 5.74) is -0.871. The lowest BCUT2D eigenvalue weighted by molar-refractivity contribution is 0.145. The van der Waals surface area contributed by atoms with Crippen LogP contribution in [0.3, 0.4) is 0 Å². The molecule has 5 heteroatoms. The lowest BCUT2D eigenvalue weighted by atomic mass is 10.1. The Kier molecular flexibility index (Phi) is 3.30. The van der Waals surface area contributed by atoms with Crippen molar-refractivity contribution in [3.63, 3.8) is 0 Å². The minimum atomic E-state index is -2.99. The fourth-order valence-electron chi connectivity index (χ4n) is 0.873. The normalized spacial score (nSPS) is 10.9. The largest absolute Gasteiger partial charge is 0.266 e. The molecule has 0 unspecified atom stereocenters. The van der Waals surface area contributed by atoms with E-state index in [1.807, 2.05) is 0 Å². The van der Waals surface area contributed by atoms with Crippen LogP contribution in [0.2, 0.25) is 0 Å². The Morgan fingerprint density at radius 2 is 1.77 bits per heavy atom. The van der Waals surface area contributed by atoms with Gasteiger partial charge in [0, 0.05) is 10.9 Å². The van der Waals surface area contributed by atoms with Crippen molar-refractivity contribution < 1.29 is 17.6 Å². The van der Waals surface area contributed by atoms with E-state index < -0.39 is 23.6 Å². The van der Waals surface area contributed by atoms with Crippen LogP contribution in [0.15, 0.2) is 12.1 Å². The fourth-order valence-corrected chi connectivity index (χ4v) is 1.30. The first kappa shape index (κ1) is 10.5.